The normalized spacial score (nSPS) is 14.2. The Morgan fingerprint density at radius 3 is 2.57 bits per heavy atom. The minimum Gasteiger partial charge on any atom is -0.411 e. The first-order chi connectivity index (χ1) is 14.5. The fourth-order valence-corrected chi connectivity index (χ4v) is 4.57. The number of carbonyl (C=O) groups is 1. The third-order valence-electron chi connectivity index (χ3n) is 5.45. The third-order valence-corrected chi connectivity index (χ3v) is 6.27. The standard InChI is InChI=1S/C24H27N3O2S/c1-15-10-16(2)12-21(11-15)23-26-27-24(29-23)30-14-22(28)25-17(3)19-9-8-18-6-4-5-7-20(18)13-19/h8-13,17H,4-7,14H2,1-3H3,(H,25,28). The quantitative estimate of drug-likeness (QED) is 0.554. The molecule has 156 valence electrons. The average molecular weight is 422 g/mol. The molecule has 3 aromatic rings. The van der Waals surface area contributed by atoms with Gasteiger partial charge in [-0.3, -0.25) is 4.79 Å². The highest BCUT2D eigenvalue weighted by Gasteiger charge is 2.16. The molecule has 0 fully saturated rings. The number of aromatic nitrogens is 2. The van der Waals surface area contributed by atoms with Gasteiger partial charge < -0.3 is 9.73 Å². The molecule has 1 atom stereocenters. The zero-order valence-electron chi connectivity index (χ0n) is 17.7. The smallest absolute Gasteiger partial charge is 0.277 e. The molecule has 1 heterocycles. The molecule has 6 heteroatoms. The van der Waals surface area contributed by atoms with E-state index in [1.807, 2.05) is 32.9 Å². The lowest BCUT2D eigenvalue weighted by atomic mass is 9.89. The topological polar surface area (TPSA) is 68.0 Å². The maximum atomic E-state index is 12.4. The number of amides is 1. The number of hydrogen-bond acceptors (Lipinski definition) is 5. The van der Waals surface area contributed by atoms with Crippen molar-refractivity contribution in [3.63, 3.8) is 0 Å². The van der Waals surface area contributed by atoms with E-state index in [1.54, 1.807) is 0 Å². The molecule has 4 rings (SSSR count). The Kier molecular flexibility index (Phi) is 6.23. The van der Waals surface area contributed by atoms with Crippen molar-refractivity contribution in [2.24, 2.45) is 0 Å². The van der Waals surface area contributed by atoms with Crippen molar-refractivity contribution >= 4 is 17.7 Å². The maximum Gasteiger partial charge on any atom is 0.277 e. The van der Waals surface area contributed by atoms with Crippen molar-refractivity contribution in [2.45, 2.75) is 57.7 Å². The number of aryl methyl sites for hydroxylation is 4. The maximum absolute atomic E-state index is 12.4. The Labute approximate surface area is 181 Å². The van der Waals surface area contributed by atoms with E-state index in [0.717, 1.165) is 28.7 Å². The molecule has 30 heavy (non-hydrogen) atoms. The number of benzene rings is 2. The molecule has 1 aliphatic carbocycles. The van der Waals surface area contributed by atoms with Gasteiger partial charge >= 0.3 is 0 Å². The molecule has 0 saturated carbocycles. The lowest BCUT2D eigenvalue weighted by Gasteiger charge is -2.20. The first-order valence-corrected chi connectivity index (χ1v) is 11.4. The Balaban J connectivity index is 1.33. The second-order valence-corrected chi connectivity index (χ2v) is 8.99. The molecule has 5 nitrogen and oxygen atoms in total. The SMILES string of the molecule is Cc1cc(C)cc(-c2nnc(SCC(=O)NC(C)c3ccc4c(c3)CCCC4)o2)c1. The van der Waals surface area contributed by atoms with Gasteiger partial charge in [0.25, 0.3) is 5.22 Å². The highest BCUT2D eigenvalue weighted by Crippen LogP contribution is 2.26. The molecule has 1 unspecified atom stereocenters. The van der Waals surface area contributed by atoms with Crippen LogP contribution in [-0.4, -0.2) is 21.9 Å². The van der Waals surface area contributed by atoms with Crippen molar-refractivity contribution in [2.75, 3.05) is 5.75 Å². The third kappa shape index (κ3) is 4.93. The number of rotatable bonds is 6. The summed E-state index contributed by atoms with van der Waals surface area (Å²) in [5.41, 5.74) is 7.23. The summed E-state index contributed by atoms with van der Waals surface area (Å²) in [5, 5.41) is 11.7. The predicted octanol–water partition coefficient (Wildman–Crippen LogP) is 5.20. The Hall–Kier alpha value is -2.60. The highest BCUT2D eigenvalue weighted by atomic mass is 32.2. The summed E-state index contributed by atoms with van der Waals surface area (Å²) >= 11 is 1.26. The van der Waals surface area contributed by atoms with Gasteiger partial charge in [-0.1, -0.05) is 47.2 Å². The summed E-state index contributed by atoms with van der Waals surface area (Å²) in [6.45, 7) is 6.10. The molecule has 2 aromatic carbocycles. The minimum atomic E-state index is -0.0450. The zero-order chi connectivity index (χ0) is 21.1. The van der Waals surface area contributed by atoms with Crippen LogP contribution in [0, 0.1) is 13.8 Å². The van der Waals surface area contributed by atoms with Crippen LogP contribution in [0.25, 0.3) is 11.5 Å². The monoisotopic (exact) mass is 421 g/mol. The van der Waals surface area contributed by atoms with Gasteiger partial charge in [-0.05, 0) is 75.3 Å². The summed E-state index contributed by atoms with van der Waals surface area (Å²) in [6.07, 6.45) is 4.83. The Morgan fingerprint density at radius 1 is 1.07 bits per heavy atom. The highest BCUT2D eigenvalue weighted by molar-refractivity contribution is 7.99. The van der Waals surface area contributed by atoms with Crippen molar-refractivity contribution in [3.05, 3.63) is 64.2 Å². The number of nitrogens with zero attached hydrogens (tertiary/aromatic N) is 2. The molecule has 0 radical (unpaired) electrons. The molecule has 0 aliphatic heterocycles. The molecule has 0 bridgehead atoms. The van der Waals surface area contributed by atoms with Crippen LogP contribution in [0.2, 0.25) is 0 Å². The molecule has 1 amide bonds. The van der Waals surface area contributed by atoms with Crippen LogP contribution >= 0.6 is 11.8 Å². The number of thioether (sulfide) groups is 1. The Bertz CT molecular complexity index is 1040. The van der Waals surface area contributed by atoms with Crippen LogP contribution in [0.3, 0.4) is 0 Å². The Morgan fingerprint density at radius 2 is 1.80 bits per heavy atom. The van der Waals surface area contributed by atoms with Crippen LogP contribution in [-0.2, 0) is 17.6 Å². The largest absolute Gasteiger partial charge is 0.411 e. The van der Waals surface area contributed by atoms with Crippen LogP contribution in [0.4, 0.5) is 0 Å². The van der Waals surface area contributed by atoms with E-state index in [2.05, 4.69) is 39.8 Å². The van der Waals surface area contributed by atoms with E-state index >= 15 is 0 Å². The van der Waals surface area contributed by atoms with E-state index in [9.17, 15) is 4.79 Å². The molecule has 1 N–H and O–H groups in total. The molecule has 0 saturated heterocycles. The van der Waals surface area contributed by atoms with Gasteiger partial charge in [-0.2, -0.15) is 0 Å². The molecular weight excluding hydrogens is 394 g/mol. The van der Waals surface area contributed by atoms with E-state index in [0.29, 0.717) is 11.1 Å². The first kappa shape index (κ1) is 20.7. The van der Waals surface area contributed by atoms with Crippen molar-refractivity contribution in [1.82, 2.24) is 15.5 Å². The van der Waals surface area contributed by atoms with E-state index in [1.165, 1.54) is 42.2 Å². The second-order valence-electron chi connectivity index (χ2n) is 8.06. The molecular formula is C24H27N3O2S. The zero-order valence-corrected chi connectivity index (χ0v) is 18.5. The predicted molar refractivity (Wildman–Crippen MR) is 120 cm³/mol. The second kappa shape index (κ2) is 9.04. The van der Waals surface area contributed by atoms with Crippen molar-refractivity contribution in [1.29, 1.82) is 0 Å². The minimum absolute atomic E-state index is 0.0289. The first-order valence-electron chi connectivity index (χ1n) is 10.4. The number of fused-ring (bicyclic) bond motifs is 1. The van der Waals surface area contributed by atoms with Gasteiger partial charge in [0.1, 0.15) is 0 Å². The fourth-order valence-electron chi connectivity index (χ4n) is 4.00. The van der Waals surface area contributed by atoms with Crippen LogP contribution in [0.15, 0.2) is 46.0 Å². The van der Waals surface area contributed by atoms with Gasteiger partial charge in [-0.25, -0.2) is 0 Å². The summed E-state index contributed by atoms with van der Waals surface area (Å²) in [7, 11) is 0. The number of carbonyl (C=O) groups excluding carboxylic acids is 1. The average Bonchev–Trinajstić information content (AvgIpc) is 3.20. The molecule has 0 spiro atoms. The summed E-state index contributed by atoms with van der Waals surface area (Å²) in [5.74, 6) is 0.674. The van der Waals surface area contributed by atoms with Crippen LogP contribution < -0.4 is 5.32 Å². The van der Waals surface area contributed by atoms with Gasteiger partial charge in [-0.15, -0.1) is 10.2 Å². The van der Waals surface area contributed by atoms with E-state index in [-0.39, 0.29) is 17.7 Å². The number of nitrogens with one attached hydrogen (secondary N) is 1. The summed E-state index contributed by atoms with van der Waals surface area (Å²) in [4.78, 5) is 12.4. The van der Waals surface area contributed by atoms with Crippen molar-refractivity contribution in [3.8, 4) is 11.5 Å². The fraction of sp³-hybridized carbons (Fsp3) is 0.375. The van der Waals surface area contributed by atoms with Gasteiger partial charge in [0.15, 0.2) is 0 Å². The summed E-state index contributed by atoms with van der Waals surface area (Å²) < 4.78 is 5.74. The van der Waals surface area contributed by atoms with Crippen LogP contribution in [0.1, 0.15) is 53.6 Å². The van der Waals surface area contributed by atoms with Crippen molar-refractivity contribution < 1.29 is 9.21 Å². The molecule has 1 aromatic heterocycles. The van der Waals surface area contributed by atoms with Gasteiger partial charge in [0.2, 0.25) is 11.8 Å². The summed E-state index contributed by atoms with van der Waals surface area (Å²) in [6, 6.07) is 12.7. The molecule has 1 aliphatic rings. The lowest BCUT2D eigenvalue weighted by molar-refractivity contribution is -0.119. The van der Waals surface area contributed by atoms with Crippen LogP contribution in [0.5, 0.6) is 0 Å². The van der Waals surface area contributed by atoms with E-state index < -0.39 is 0 Å². The lowest BCUT2D eigenvalue weighted by Crippen LogP contribution is -2.28. The van der Waals surface area contributed by atoms with E-state index in [4.69, 9.17) is 4.42 Å². The number of hydrogen-bond donors (Lipinski definition) is 1. The van der Waals surface area contributed by atoms with Gasteiger partial charge in [0, 0.05) is 5.56 Å². The van der Waals surface area contributed by atoms with Gasteiger partial charge in [0.05, 0.1) is 11.8 Å².